The van der Waals surface area contributed by atoms with E-state index in [2.05, 4.69) is 25.9 Å². The second-order valence-electron chi connectivity index (χ2n) is 6.18. The number of pyridine rings is 1. The first-order valence-electron chi connectivity index (χ1n) is 8.00. The molecule has 2 aromatic heterocycles. The summed E-state index contributed by atoms with van der Waals surface area (Å²) in [7, 11) is -1.55. The molecule has 1 saturated heterocycles. The summed E-state index contributed by atoms with van der Waals surface area (Å²) < 4.78 is 30.1. The highest BCUT2D eigenvalue weighted by molar-refractivity contribution is 9.10. The zero-order chi connectivity index (χ0) is 17.6. The van der Waals surface area contributed by atoms with Crippen molar-refractivity contribution < 1.29 is 8.42 Å². The number of imidazole rings is 1. The molecule has 3 heterocycles. The Bertz CT molecular complexity index is 1030. The van der Waals surface area contributed by atoms with Gasteiger partial charge in [0.25, 0.3) is 0 Å². The summed E-state index contributed by atoms with van der Waals surface area (Å²) in [6.45, 7) is 0.940. The van der Waals surface area contributed by atoms with E-state index < -0.39 is 10.0 Å². The minimum absolute atomic E-state index is 0.0735. The lowest BCUT2D eigenvalue weighted by atomic mass is 10.1. The number of benzene rings is 1. The first-order chi connectivity index (χ1) is 12.0. The first-order valence-corrected chi connectivity index (χ1v) is 10.2. The Morgan fingerprint density at radius 2 is 1.96 bits per heavy atom. The van der Waals surface area contributed by atoms with Crippen molar-refractivity contribution in [2.45, 2.75) is 17.2 Å². The smallest absolute Gasteiger partial charge is 0.243 e. The van der Waals surface area contributed by atoms with E-state index in [-0.39, 0.29) is 5.92 Å². The van der Waals surface area contributed by atoms with Gasteiger partial charge in [0.2, 0.25) is 10.0 Å². The van der Waals surface area contributed by atoms with Gasteiger partial charge < -0.3 is 4.57 Å². The molecule has 0 aliphatic carbocycles. The van der Waals surface area contributed by atoms with Crippen LogP contribution in [-0.4, -0.2) is 40.3 Å². The number of halogens is 1. The average Bonchev–Trinajstić information content (AvgIpc) is 3.21. The number of hydrogen-bond donors (Lipinski definition) is 0. The van der Waals surface area contributed by atoms with Crippen molar-refractivity contribution in [3.63, 3.8) is 0 Å². The van der Waals surface area contributed by atoms with E-state index in [1.165, 1.54) is 0 Å². The molecule has 6 nitrogen and oxygen atoms in total. The molecule has 130 valence electrons. The summed E-state index contributed by atoms with van der Waals surface area (Å²) in [6, 6.07) is 10.5. The van der Waals surface area contributed by atoms with Crippen LogP contribution in [0.5, 0.6) is 0 Å². The molecule has 1 unspecified atom stereocenters. The topological polar surface area (TPSA) is 68.1 Å². The molecule has 8 heteroatoms. The maximum absolute atomic E-state index is 12.9. The van der Waals surface area contributed by atoms with Gasteiger partial charge in [0, 0.05) is 36.7 Å². The van der Waals surface area contributed by atoms with Crippen LogP contribution in [0, 0.1) is 0 Å². The van der Waals surface area contributed by atoms with E-state index in [1.54, 1.807) is 34.8 Å². The Labute approximate surface area is 154 Å². The van der Waals surface area contributed by atoms with Crippen LogP contribution < -0.4 is 0 Å². The van der Waals surface area contributed by atoms with Crippen LogP contribution in [0.2, 0.25) is 0 Å². The molecule has 3 aromatic rings. The van der Waals surface area contributed by atoms with Crippen LogP contribution in [-0.2, 0) is 17.1 Å². The zero-order valence-electron chi connectivity index (χ0n) is 13.6. The third-order valence-corrected chi connectivity index (χ3v) is 7.04. The highest BCUT2D eigenvalue weighted by Crippen LogP contribution is 2.31. The summed E-state index contributed by atoms with van der Waals surface area (Å²) in [4.78, 5) is 9.35. The monoisotopic (exact) mass is 420 g/mol. The van der Waals surface area contributed by atoms with Gasteiger partial charge in [0.05, 0.1) is 4.90 Å². The van der Waals surface area contributed by atoms with E-state index >= 15 is 0 Å². The van der Waals surface area contributed by atoms with Gasteiger partial charge in [-0.2, -0.15) is 4.31 Å². The fourth-order valence-electron chi connectivity index (χ4n) is 3.32. The SMILES string of the molecule is Cn1c(C2CCN(S(=O)(=O)c3ccc(Br)cc3)C2)nc2cccnc21. The zero-order valence-corrected chi connectivity index (χ0v) is 16.0. The van der Waals surface area contributed by atoms with Crippen LogP contribution >= 0.6 is 15.9 Å². The number of nitrogens with zero attached hydrogens (tertiary/aromatic N) is 4. The predicted octanol–water partition coefficient (Wildman–Crippen LogP) is 2.91. The lowest BCUT2D eigenvalue weighted by Gasteiger charge is -2.16. The van der Waals surface area contributed by atoms with Gasteiger partial charge in [-0.15, -0.1) is 0 Å². The maximum atomic E-state index is 12.9. The largest absolute Gasteiger partial charge is 0.316 e. The van der Waals surface area contributed by atoms with Crippen LogP contribution in [0.1, 0.15) is 18.2 Å². The van der Waals surface area contributed by atoms with Crippen molar-refractivity contribution in [2.75, 3.05) is 13.1 Å². The van der Waals surface area contributed by atoms with Crippen LogP contribution in [0.15, 0.2) is 52.0 Å². The van der Waals surface area contributed by atoms with Gasteiger partial charge in [-0.05, 0) is 42.8 Å². The molecule has 0 bridgehead atoms. The fourth-order valence-corrected chi connectivity index (χ4v) is 5.08. The second kappa shape index (κ2) is 6.19. The third kappa shape index (κ3) is 2.88. The number of sulfonamides is 1. The lowest BCUT2D eigenvalue weighted by molar-refractivity contribution is 0.470. The molecule has 1 aliphatic rings. The van der Waals surface area contributed by atoms with Gasteiger partial charge >= 0.3 is 0 Å². The molecule has 4 rings (SSSR count). The van der Waals surface area contributed by atoms with Gasteiger partial charge in [-0.25, -0.2) is 18.4 Å². The molecule has 0 saturated carbocycles. The van der Waals surface area contributed by atoms with Gasteiger partial charge in [0.15, 0.2) is 5.65 Å². The summed E-state index contributed by atoms with van der Waals surface area (Å²) in [6.07, 6.45) is 2.50. The van der Waals surface area contributed by atoms with Crippen LogP contribution in [0.25, 0.3) is 11.2 Å². The quantitative estimate of drug-likeness (QED) is 0.652. The number of aryl methyl sites for hydroxylation is 1. The number of aromatic nitrogens is 3. The van der Waals surface area contributed by atoms with Crippen molar-refractivity contribution in [3.8, 4) is 0 Å². The Balaban J connectivity index is 1.62. The van der Waals surface area contributed by atoms with E-state index in [0.717, 1.165) is 27.9 Å². The summed E-state index contributed by atoms with van der Waals surface area (Å²) in [5, 5.41) is 0. The average molecular weight is 421 g/mol. The summed E-state index contributed by atoms with van der Waals surface area (Å²) >= 11 is 3.34. The second-order valence-corrected chi connectivity index (χ2v) is 9.03. The minimum atomic E-state index is -3.48. The van der Waals surface area contributed by atoms with Gasteiger partial charge in [-0.1, -0.05) is 15.9 Å². The number of hydrogen-bond acceptors (Lipinski definition) is 4. The van der Waals surface area contributed by atoms with Crippen molar-refractivity contribution in [2.24, 2.45) is 7.05 Å². The molecule has 0 N–H and O–H groups in total. The summed E-state index contributed by atoms with van der Waals surface area (Å²) in [5.41, 5.74) is 1.67. The molecule has 1 atom stereocenters. The van der Waals surface area contributed by atoms with Crippen molar-refractivity contribution in [1.82, 2.24) is 18.8 Å². The molecule has 1 fully saturated rings. The molecular formula is C17H17BrN4O2S. The Morgan fingerprint density at radius 1 is 1.20 bits per heavy atom. The van der Waals surface area contributed by atoms with Crippen LogP contribution in [0.4, 0.5) is 0 Å². The van der Waals surface area contributed by atoms with Gasteiger partial charge in [0.1, 0.15) is 11.3 Å². The molecule has 1 aliphatic heterocycles. The number of fused-ring (bicyclic) bond motifs is 1. The minimum Gasteiger partial charge on any atom is -0.316 e. The molecular weight excluding hydrogens is 404 g/mol. The molecule has 1 aromatic carbocycles. The van der Waals surface area contributed by atoms with E-state index in [0.29, 0.717) is 18.0 Å². The lowest BCUT2D eigenvalue weighted by Crippen LogP contribution is -2.28. The predicted molar refractivity (Wildman–Crippen MR) is 98.8 cm³/mol. The maximum Gasteiger partial charge on any atom is 0.243 e. The Morgan fingerprint density at radius 3 is 2.68 bits per heavy atom. The molecule has 0 amide bonds. The van der Waals surface area contributed by atoms with Crippen molar-refractivity contribution in [3.05, 3.63) is 52.9 Å². The Kier molecular flexibility index (Phi) is 4.13. The normalized spacial score (nSPS) is 18.9. The van der Waals surface area contributed by atoms with E-state index in [9.17, 15) is 8.42 Å². The highest BCUT2D eigenvalue weighted by atomic mass is 79.9. The third-order valence-electron chi connectivity index (χ3n) is 4.63. The first kappa shape index (κ1) is 16.7. The fraction of sp³-hybridized carbons (Fsp3) is 0.294. The van der Waals surface area contributed by atoms with E-state index in [4.69, 9.17) is 0 Å². The van der Waals surface area contributed by atoms with Crippen molar-refractivity contribution >= 4 is 37.1 Å². The van der Waals surface area contributed by atoms with E-state index in [1.807, 2.05) is 23.7 Å². The van der Waals surface area contributed by atoms with Crippen LogP contribution in [0.3, 0.4) is 0 Å². The molecule has 0 radical (unpaired) electrons. The summed E-state index contributed by atoms with van der Waals surface area (Å²) in [5.74, 6) is 0.964. The highest BCUT2D eigenvalue weighted by Gasteiger charge is 2.35. The number of rotatable bonds is 3. The Hall–Kier alpha value is -1.77. The van der Waals surface area contributed by atoms with Crippen molar-refractivity contribution in [1.29, 1.82) is 0 Å². The standard InChI is InChI=1S/C17H17BrN4O2S/c1-21-16(20-15-3-2-9-19-17(15)21)12-8-10-22(11-12)25(23,24)14-6-4-13(18)5-7-14/h2-7,9,12H,8,10-11H2,1H3. The molecule has 25 heavy (non-hydrogen) atoms. The molecule has 0 spiro atoms. The van der Waals surface area contributed by atoms with Gasteiger partial charge in [-0.3, -0.25) is 0 Å².